The van der Waals surface area contributed by atoms with Gasteiger partial charge in [-0.25, -0.2) is 27.8 Å². The number of pyridine rings is 1. The van der Waals surface area contributed by atoms with Crippen LogP contribution in [0.5, 0.6) is 0 Å². The Bertz CT molecular complexity index is 1260. The van der Waals surface area contributed by atoms with Crippen molar-refractivity contribution in [2.75, 3.05) is 11.1 Å². The van der Waals surface area contributed by atoms with Crippen molar-refractivity contribution in [2.24, 2.45) is 5.73 Å². The fourth-order valence-electron chi connectivity index (χ4n) is 4.29. The number of hydrogen-bond acceptors (Lipinski definition) is 7. The van der Waals surface area contributed by atoms with E-state index in [0.29, 0.717) is 35.2 Å². The van der Waals surface area contributed by atoms with Crippen LogP contribution in [-0.2, 0) is 15.6 Å². The van der Waals surface area contributed by atoms with Gasteiger partial charge in [0, 0.05) is 23.2 Å². The lowest BCUT2D eigenvalue weighted by Gasteiger charge is -2.26. The third kappa shape index (κ3) is 5.65. The van der Waals surface area contributed by atoms with Crippen LogP contribution in [0.3, 0.4) is 0 Å². The number of hydrogen-bond donors (Lipinski definition) is 2. The van der Waals surface area contributed by atoms with Crippen molar-refractivity contribution < 1.29 is 12.8 Å². The van der Waals surface area contributed by atoms with Gasteiger partial charge in [-0.15, -0.1) is 0 Å². The lowest BCUT2D eigenvalue weighted by molar-refractivity contribution is 0.410. The summed E-state index contributed by atoms with van der Waals surface area (Å²) in [6, 6.07) is 7.04. The minimum absolute atomic E-state index is 0.0464. The Kier molecular flexibility index (Phi) is 6.90. The Balaban J connectivity index is 1.57. The van der Waals surface area contributed by atoms with Crippen molar-refractivity contribution in [3.05, 3.63) is 47.4 Å². The zero-order chi connectivity index (χ0) is 23.6. The molecule has 0 radical (unpaired) electrons. The van der Waals surface area contributed by atoms with Gasteiger partial charge in [-0.05, 0) is 56.7 Å². The standard InChI is InChI=1S/C24H30FN5O2S/c1-3-10-33(31,32)14-17-5-4-16(12-20(17)25)21-11-15(2)23-22(29-21)13-27-24(30-23)28-19-8-6-18(26)7-9-19/h4-5,11-13,18-19H,3,6-10,14,26H2,1-2H3,(H,27,28,30). The molecule has 0 unspecified atom stereocenters. The van der Waals surface area contributed by atoms with Crippen LogP contribution in [0.2, 0.25) is 0 Å². The minimum Gasteiger partial charge on any atom is -0.351 e. The second-order valence-electron chi connectivity index (χ2n) is 8.91. The van der Waals surface area contributed by atoms with Crippen molar-refractivity contribution >= 4 is 26.8 Å². The number of nitrogens with one attached hydrogen (secondary N) is 1. The molecule has 0 saturated heterocycles. The topological polar surface area (TPSA) is 111 Å². The van der Waals surface area contributed by atoms with Crippen molar-refractivity contribution in [1.82, 2.24) is 15.0 Å². The molecule has 1 fully saturated rings. The monoisotopic (exact) mass is 471 g/mol. The maximum atomic E-state index is 14.7. The van der Waals surface area contributed by atoms with E-state index in [1.165, 1.54) is 12.1 Å². The molecule has 3 N–H and O–H groups in total. The van der Waals surface area contributed by atoms with Gasteiger partial charge in [0.05, 0.1) is 28.9 Å². The van der Waals surface area contributed by atoms with Crippen LogP contribution in [0.15, 0.2) is 30.5 Å². The highest BCUT2D eigenvalue weighted by molar-refractivity contribution is 7.90. The van der Waals surface area contributed by atoms with Crippen LogP contribution in [0.1, 0.15) is 50.2 Å². The fourth-order valence-corrected chi connectivity index (χ4v) is 5.76. The molecule has 1 aromatic carbocycles. The number of fused-ring (bicyclic) bond motifs is 1. The third-order valence-corrected chi connectivity index (χ3v) is 7.86. The van der Waals surface area contributed by atoms with E-state index in [4.69, 9.17) is 5.73 Å². The number of sulfone groups is 1. The van der Waals surface area contributed by atoms with E-state index in [1.807, 2.05) is 13.0 Å². The number of nitrogens with zero attached hydrogens (tertiary/aromatic N) is 3. The molecule has 7 nitrogen and oxygen atoms in total. The van der Waals surface area contributed by atoms with Gasteiger partial charge in [-0.3, -0.25) is 0 Å². The average molecular weight is 472 g/mol. The molecule has 33 heavy (non-hydrogen) atoms. The largest absolute Gasteiger partial charge is 0.351 e. The Hall–Kier alpha value is -2.65. The van der Waals surface area contributed by atoms with E-state index < -0.39 is 15.7 Å². The summed E-state index contributed by atoms with van der Waals surface area (Å²) in [6.07, 6.45) is 6.18. The smallest absolute Gasteiger partial charge is 0.223 e. The molecule has 2 heterocycles. The Morgan fingerprint density at radius 1 is 1.15 bits per heavy atom. The van der Waals surface area contributed by atoms with Crippen LogP contribution >= 0.6 is 0 Å². The van der Waals surface area contributed by atoms with E-state index in [0.717, 1.165) is 36.8 Å². The van der Waals surface area contributed by atoms with Crippen LogP contribution in [0, 0.1) is 12.7 Å². The van der Waals surface area contributed by atoms with Crippen LogP contribution in [-0.4, -0.2) is 41.2 Å². The minimum atomic E-state index is -3.32. The van der Waals surface area contributed by atoms with Crippen molar-refractivity contribution in [2.45, 2.75) is 63.8 Å². The summed E-state index contributed by atoms with van der Waals surface area (Å²) in [5, 5.41) is 3.40. The van der Waals surface area contributed by atoms with E-state index in [1.54, 1.807) is 19.2 Å². The molecule has 0 atom stereocenters. The van der Waals surface area contributed by atoms with Gasteiger partial charge in [0.25, 0.3) is 0 Å². The molecule has 1 aliphatic rings. The normalized spacial score (nSPS) is 19.0. The molecule has 0 spiro atoms. The number of halogens is 1. The highest BCUT2D eigenvalue weighted by Crippen LogP contribution is 2.27. The van der Waals surface area contributed by atoms with Crippen LogP contribution in [0.4, 0.5) is 10.3 Å². The predicted octanol–water partition coefficient (Wildman–Crippen LogP) is 4.15. The zero-order valence-electron chi connectivity index (χ0n) is 19.0. The molecule has 1 aliphatic carbocycles. The molecule has 176 valence electrons. The van der Waals surface area contributed by atoms with Gasteiger partial charge >= 0.3 is 0 Å². The first-order chi connectivity index (χ1) is 15.7. The summed E-state index contributed by atoms with van der Waals surface area (Å²) in [6.45, 7) is 3.73. The van der Waals surface area contributed by atoms with Crippen molar-refractivity contribution in [3.63, 3.8) is 0 Å². The predicted molar refractivity (Wildman–Crippen MR) is 129 cm³/mol. The van der Waals surface area contributed by atoms with Crippen molar-refractivity contribution in [1.29, 1.82) is 0 Å². The first kappa shape index (κ1) is 23.5. The fraction of sp³-hybridized carbons (Fsp3) is 0.458. The molecular weight excluding hydrogens is 441 g/mol. The quantitative estimate of drug-likeness (QED) is 0.533. The summed E-state index contributed by atoms with van der Waals surface area (Å²) in [5.41, 5.74) is 9.60. The van der Waals surface area contributed by atoms with Crippen LogP contribution < -0.4 is 11.1 Å². The Morgan fingerprint density at radius 3 is 2.61 bits per heavy atom. The van der Waals surface area contributed by atoms with E-state index in [-0.39, 0.29) is 23.1 Å². The second-order valence-corrected chi connectivity index (χ2v) is 11.1. The van der Waals surface area contributed by atoms with Gasteiger partial charge in [-0.1, -0.05) is 19.1 Å². The highest BCUT2D eigenvalue weighted by atomic mass is 32.2. The maximum absolute atomic E-state index is 14.7. The molecule has 9 heteroatoms. The number of anilines is 1. The Morgan fingerprint density at radius 2 is 1.91 bits per heavy atom. The van der Waals surface area contributed by atoms with Gasteiger partial charge in [-0.2, -0.15) is 0 Å². The second kappa shape index (κ2) is 9.69. The summed E-state index contributed by atoms with van der Waals surface area (Å²) >= 11 is 0. The molecule has 2 aromatic heterocycles. The van der Waals surface area contributed by atoms with Crippen molar-refractivity contribution in [3.8, 4) is 11.3 Å². The molecule has 0 amide bonds. The highest BCUT2D eigenvalue weighted by Gasteiger charge is 2.20. The molecule has 4 rings (SSSR count). The van der Waals surface area contributed by atoms with Gasteiger partial charge < -0.3 is 11.1 Å². The Labute approximate surface area is 194 Å². The number of aryl methyl sites for hydroxylation is 1. The first-order valence-electron chi connectivity index (χ1n) is 11.4. The maximum Gasteiger partial charge on any atom is 0.223 e. The van der Waals surface area contributed by atoms with E-state index in [9.17, 15) is 12.8 Å². The SMILES string of the molecule is CCCS(=O)(=O)Cc1ccc(-c2cc(C)c3nc(NC4CCC(N)CC4)ncc3n2)cc1F. The van der Waals surface area contributed by atoms with E-state index >= 15 is 0 Å². The number of rotatable bonds is 7. The third-order valence-electron chi connectivity index (χ3n) is 6.08. The summed E-state index contributed by atoms with van der Waals surface area (Å²) in [7, 11) is -3.32. The van der Waals surface area contributed by atoms with Crippen LogP contribution in [0.25, 0.3) is 22.3 Å². The van der Waals surface area contributed by atoms with Gasteiger partial charge in [0.2, 0.25) is 5.95 Å². The number of aromatic nitrogens is 3. The molecule has 3 aromatic rings. The lowest BCUT2D eigenvalue weighted by Crippen LogP contribution is -2.33. The number of nitrogens with two attached hydrogens (primary N) is 1. The average Bonchev–Trinajstić information content (AvgIpc) is 2.77. The summed E-state index contributed by atoms with van der Waals surface area (Å²) in [4.78, 5) is 13.7. The first-order valence-corrected chi connectivity index (χ1v) is 13.2. The number of benzene rings is 1. The zero-order valence-corrected chi connectivity index (χ0v) is 19.8. The lowest BCUT2D eigenvalue weighted by atomic mass is 9.92. The van der Waals surface area contributed by atoms with Gasteiger partial charge in [0.15, 0.2) is 9.84 Å². The summed E-state index contributed by atoms with van der Waals surface area (Å²) < 4.78 is 38.8. The summed E-state index contributed by atoms with van der Waals surface area (Å²) in [5.74, 6) is -0.225. The van der Waals surface area contributed by atoms with E-state index in [2.05, 4.69) is 20.3 Å². The molecular formula is C24H30FN5O2S. The van der Waals surface area contributed by atoms with Gasteiger partial charge in [0.1, 0.15) is 11.3 Å². The molecule has 1 saturated carbocycles. The molecule has 0 bridgehead atoms. The molecule has 0 aliphatic heterocycles.